The van der Waals surface area contributed by atoms with Crippen LogP contribution < -0.4 is 15.0 Å². The van der Waals surface area contributed by atoms with Crippen molar-refractivity contribution < 1.29 is 14.3 Å². The molecule has 28 heavy (non-hydrogen) atoms. The van der Waals surface area contributed by atoms with Crippen molar-refractivity contribution >= 4 is 34.0 Å². The molecule has 0 atom stereocenters. The van der Waals surface area contributed by atoms with Crippen LogP contribution in [0.3, 0.4) is 0 Å². The molecule has 1 aliphatic heterocycles. The Morgan fingerprint density at radius 1 is 1.21 bits per heavy atom. The normalized spacial score (nSPS) is 12.5. The van der Waals surface area contributed by atoms with Crippen molar-refractivity contribution in [2.45, 2.75) is 13.3 Å². The van der Waals surface area contributed by atoms with Gasteiger partial charge in [0.15, 0.2) is 11.7 Å². The molecule has 0 bridgehead atoms. The summed E-state index contributed by atoms with van der Waals surface area (Å²) in [6, 6.07) is 15.2. The second kappa shape index (κ2) is 7.82. The number of hydrogen-bond donors (Lipinski definition) is 1. The van der Waals surface area contributed by atoms with Crippen molar-refractivity contribution in [3.8, 4) is 17.0 Å². The highest BCUT2D eigenvalue weighted by atomic mass is 32.1. The Morgan fingerprint density at radius 3 is 2.82 bits per heavy atom. The van der Waals surface area contributed by atoms with Crippen LogP contribution in [0.1, 0.15) is 12.5 Å². The number of anilines is 2. The molecule has 0 saturated heterocycles. The quantitative estimate of drug-likeness (QED) is 0.717. The zero-order valence-electron chi connectivity index (χ0n) is 15.3. The maximum Gasteiger partial charge on any atom is 0.264 e. The molecule has 1 N–H and O–H groups in total. The van der Waals surface area contributed by atoms with E-state index in [2.05, 4.69) is 10.3 Å². The van der Waals surface area contributed by atoms with E-state index >= 15 is 0 Å². The number of carbonyl (C=O) groups excluding carboxylic acids is 2. The summed E-state index contributed by atoms with van der Waals surface area (Å²) in [7, 11) is 0. The van der Waals surface area contributed by atoms with E-state index in [1.807, 2.05) is 41.8 Å². The van der Waals surface area contributed by atoms with Gasteiger partial charge in [-0.25, -0.2) is 4.98 Å². The SMILES string of the molecule is CC(=O)N1CCc2ccc(-c3csc(NC(=O)COc4ccccc4)n3)cc21. The monoisotopic (exact) mass is 393 g/mol. The molecule has 0 fully saturated rings. The second-order valence-corrected chi connectivity index (χ2v) is 7.31. The van der Waals surface area contributed by atoms with Crippen LogP contribution in [0.5, 0.6) is 5.75 Å². The summed E-state index contributed by atoms with van der Waals surface area (Å²) in [5.41, 5.74) is 3.80. The molecule has 2 aromatic carbocycles. The topological polar surface area (TPSA) is 71.5 Å². The molecule has 2 heterocycles. The van der Waals surface area contributed by atoms with Crippen LogP contribution in [0.4, 0.5) is 10.8 Å². The summed E-state index contributed by atoms with van der Waals surface area (Å²) in [6.45, 7) is 2.22. The molecule has 142 valence electrons. The molecule has 1 aliphatic rings. The number of benzene rings is 2. The lowest BCUT2D eigenvalue weighted by atomic mass is 10.1. The van der Waals surface area contributed by atoms with Gasteiger partial charge < -0.3 is 9.64 Å². The van der Waals surface area contributed by atoms with E-state index in [1.165, 1.54) is 16.9 Å². The van der Waals surface area contributed by atoms with E-state index < -0.39 is 0 Å². The number of thiazole rings is 1. The van der Waals surface area contributed by atoms with E-state index in [-0.39, 0.29) is 18.4 Å². The molecular weight excluding hydrogens is 374 g/mol. The Hall–Kier alpha value is -3.19. The van der Waals surface area contributed by atoms with Crippen molar-refractivity contribution in [1.82, 2.24) is 4.98 Å². The number of fused-ring (bicyclic) bond motifs is 1. The molecule has 3 aromatic rings. The smallest absolute Gasteiger partial charge is 0.264 e. The Morgan fingerprint density at radius 2 is 2.04 bits per heavy atom. The maximum atomic E-state index is 12.1. The lowest BCUT2D eigenvalue weighted by Gasteiger charge is -2.15. The fraction of sp³-hybridized carbons (Fsp3) is 0.190. The highest BCUT2D eigenvalue weighted by Gasteiger charge is 2.22. The Balaban J connectivity index is 1.43. The number of rotatable bonds is 5. The fourth-order valence-corrected chi connectivity index (χ4v) is 3.89. The molecular formula is C21H19N3O3S. The molecule has 7 heteroatoms. The van der Waals surface area contributed by atoms with E-state index in [1.54, 1.807) is 24.0 Å². The van der Waals surface area contributed by atoms with Gasteiger partial charge in [0.1, 0.15) is 5.75 Å². The molecule has 2 amide bonds. The Kier molecular flexibility index (Phi) is 5.08. The average Bonchev–Trinajstić information content (AvgIpc) is 3.33. The van der Waals surface area contributed by atoms with Crippen LogP contribution in [0.2, 0.25) is 0 Å². The third-order valence-corrected chi connectivity index (χ3v) is 5.28. The number of nitrogens with one attached hydrogen (secondary N) is 1. The van der Waals surface area contributed by atoms with Crippen LogP contribution in [-0.4, -0.2) is 29.9 Å². The molecule has 0 spiro atoms. The van der Waals surface area contributed by atoms with Gasteiger partial charge in [0.05, 0.1) is 5.69 Å². The van der Waals surface area contributed by atoms with Crippen LogP contribution in [-0.2, 0) is 16.0 Å². The van der Waals surface area contributed by atoms with Gasteiger partial charge in [0, 0.05) is 30.1 Å². The average molecular weight is 393 g/mol. The summed E-state index contributed by atoms with van der Waals surface area (Å²) >= 11 is 1.36. The summed E-state index contributed by atoms with van der Waals surface area (Å²) in [5.74, 6) is 0.424. The van der Waals surface area contributed by atoms with Crippen molar-refractivity contribution in [2.75, 3.05) is 23.4 Å². The summed E-state index contributed by atoms with van der Waals surface area (Å²) in [6.07, 6.45) is 0.870. The molecule has 0 radical (unpaired) electrons. The first-order valence-electron chi connectivity index (χ1n) is 8.95. The number of amides is 2. The van der Waals surface area contributed by atoms with E-state index in [0.717, 1.165) is 23.4 Å². The van der Waals surface area contributed by atoms with Gasteiger partial charge in [0.25, 0.3) is 5.91 Å². The largest absolute Gasteiger partial charge is 0.484 e. The molecule has 0 aliphatic carbocycles. The Labute approximate surface area is 166 Å². The highest BCUT2D eigenvalue weighted by molar-refractivity contribution is 7.14. The molecule has 0 saturated carbocycles. The summed E-state index contributed by atoms with van der Waals surface area (Å²) < 4.78 is 5.44. The van der Waals surface area contributed by atoms with E-state index in [9.17, 15) is 9.59 Å². The molecule has 6 nitrogen and oxygen atoms in total. The minimum Gasteiger partial charge on any atom is -0.484 e. The lowest BCUT2D eigenvalue weighted by molar-refractivity contribution is -0.118. The van der Waals surface area contributed by atoms with Crippen molar-refractivity contribution in [1.29, 1.82) is 0 Å². The van der Waals surface area contributed by atoms with Gasteiger partial charge in [-0.3, -0.25) is 14.9 Å². The van der Waals surface area contributed by atoms with Crippen LogP contribution in [0.15, 0.2) is 53.9 Å². The van der Waals surface area contributed by atoms with E-state index in [4.69, 9.17) is 4.74 Å². The third kappa shape index (κ3) is 3.89. The number of aromatic nitrogens is 1. The Bertz CT molecular complexity index is 1020. The highest BCUT2D eigenvalue weighted by Crippen LogP contribution is 2.34. The minimum atomic E-state index is -0.263. The van der Waals surface area contributed by atoms with Gasteiger partial charge in [-0.2, -0.15) is 0 Å². The number of nitrogens with zero attached hydrogens (tertiary/aromatic N) is 2. The standard InChI is InChI=1S/C21H19N3O3S/c1-14(25)24-10-9-15-7-8-16(11-19(15)24)18-13-28-21(22-18)23-20(26)12-27-17-5-3-2-4-6-17/h2-8,11,13H,9-10,12H2,1H3,(H,22,23,26). The van der Waals surface area contributed by atoms with Crippen LogP contribution in [0, 0.1) is 0 Å². The van der Waals surface area contributed by atoms with Gasteiger partial charge in [0.2, 0.25) is 5.91 Å². The van der Waals surface area contributed by atoms with Gasteiger partial charge >= 0.3 is 0 Å². The van der Waals surface area contributed by atoms with E-state index in [0.29, 0.717) is 17.4 Å². The number of carbonyl (C=O) groups is 2. The predicted octanol–water partition coefficient (Wildman–Crippen LogP) is 3.74. The minimum absolute atomic E-state index is 0.0422. The number of ether oxygens (including phenoxy) is 1. The summed E-state index contributed by atoms with van der Waals surface area (Å²) in [5, 5.41) is 5.17. The zero-order chi connectivity index (χ0) is 19.5. The lowest BCUT2D eigenvalue weighted by Crippen LogP contribution is -2.25. The molecule has 1 aromatic heterocycles. The molecule has 4 rings (SSSR count). The molecule has 0 unspecified atom stereocenters. The zero-order valence-corrected chi connectivity index (χ0v) is 16.2. The van der Waals surface area contributed by atoms with Crippen molar-refractivity contribution in [3.63, 3.8) is 0 Å². The van der Waals surface area contributed by atoms with Crippen LogP contribution in [0.25, 0.3) is 11.3 Å². The van der Waals surface area contributed by atoms with Gasteiger partial charge in [-0.15, -0.1) is 11.3 Å². The number of para-hydroxylation sites is 1. The number of hydrogen-bond acceptors (Lipinski definition) is 5. The van der Waals surface area contributed by atoms with Crippen LogP contribution >= 0.6 is 11.3 Å². The first-order valence-corrected chi connectivity index (χ1v) is 9.83. The maximum absolute atomic E-state index is 12.1. The first-order chi connectivity index (χ1) is 13.6. The summed E-state index contributed by atoms with van der Waals surface area (Å²) in [4.78, 5) is 30.2. The second-order valence-electron chi connectivity index (χ2n) is 6.45. The van der Waals surface area contributed by atoms with Crippen molar-refractivity contribution in [3.05, 3.63) is 59.5 Å². The van der Waals surface area contributed by atoms with Crippen molar-refractivity contribution in [2.24, 2.45) is 0 Å². The fourth-order valence-electron chi connectivity index (χ4n) is 3.15. The predicted molar refractivity (Wildman–Crippen MR) is 110 cm³/mol. The van der Waals surface area contributed by atoms with Gasteiger partial charge in [-0.05, 0) is 30.2 Å². The van der Waals surface area contributed by atoms with Gasteiger partial charge in [-0.1, -0.05) is 30.3 Å². The third-order valence-electron chi connectivity index (χ3n) is 4.52. The first kappa shape index (κ1) is 18.2.